The van der Waals surface area contributed by atoms with Gasteiger partial charge in [-0.3, -0.25) is 4.79 Å². The highest BCUT2D eigenvalue weighted by Crippen LogP contribution is 2.22. The molecule has 5 atom stereocenters. The first-order chi connectivity index (χ1) is 6.97. The van der Waals surface area contributed by atoms with Crippen LogP contribution < -0.4 is 5.32 Å². The Morgan fingerprint density at radius 3 is 2.60 bits per heavy atom. The summed E-state index contributed by atoms with van der Waals surface area (Å²) in [6.07, 6.45) is -5.06. The Labute approximate surface area is 86.3 Å². The molecule has 0 aromatic rings. The third-order valence-corrected chi connectivity index (χ3v) is 2.24. The molecule has 1 aliphatic heterocycles. The number of nitrogens with one attached hydrogen (secondary N) is 1. The van der Waals surface area contributed by atoms with Gasteiger partial charge in [0, 0.05) is 6.92 Å². The first-order valence-corrected chi connectivity index (χ1v) is 4.55. The summed E-state index contributed by atoms with van der Waals surface area (Å²) in [7, 11) is 0. The van der Waals surface area contributed by atoms with Gasteiger partial charge in [0.05, 0.1) is 6.61 Å². The first-order valence-electron chi connectivity index (χ1n) is 4.55. The molecular weight excluding hydrogens is 206 g/mol. The second kappa shape index (κ2) is 4.86. The molecule has 0 bridgehead atoms. The molecule has 5 N–H and O–H groups in total. The van der Waals surface area contributed by atoms with E-state index in [1.165, 1.54) is 6.92 Å². The summed E-state index contributed by atoms with van der Waals surface area (Å²) < 4.78 is 4.82. The zero-order valence-electron chi connectivity index (χ0n) is 8.20. The number of hydrogen-bond donors (Lipinski definition) is 5. The van der Waals surface area contributed by atoms with Crippen molar-refractivity contribution >= 4 is 5.91 Å². The number of carbonyl (C=O) groups excluding carboxylic acids is 1. The summed E-state index contributed by atoms with van der Waals surface area (Å²) in [5.74, 6) is -0.430. The molecule has 1 aliphatic rings. The lowest BCUT2D eigenvalue weighted by Gasteiger charge is -2.20. The van der Waals surface area contributed by atoms with Crippen molar-refractivity contribution in [2.45, 2.75) is 37.6 Å². The molecule has 0 radical (unpaired) electrons. The van der Waals surface area contributed by atoms with Crippen LogP contribution in [0.4, 0.5) is 0 Å². The Balaban J connectivity index is 2.65. The number of ether oxygens (including phenoxy) is 1. The normalized spacial score (nSPS) is 37.7. The van der Waals surface area contributed by atoms with E-state index in [0.29, 0.717) is 0 Å². The van der Waals surface area contributed by atoms with Gasteiger partial charge in [0.2, 0.25) is 5.91 Å². The molecule has 15 heavy (non-hydrogen) atoms. The molecule has 1 saturated heterocycles. The van der Waals surface area contributed by atoms with Crippen LogP contribution in [0, 0.1) is 0 Å². The lowest BCUT2D eigenvalue weighted by atomic mass is 10.0. The zero-order valence-corrected chi connectivity index (χ0v) is 8.20. The molecule has 7 nitrogen and oxygen atoms in total. The fraction of sp³-hybridized carbons (Fsp3) is 0.875. The molecule has 0 spiro atoms. The Morgan fingerprint density at radius 1 is 1.53 bits per heavy atom. The number of amides is 1. The summed E-state index contributed by atoms with van der Waals surface area (Å²) in [5.41, 5.74) is 0. The van der Waals surface area contributed by atoms with Crippen LogP contribution in [0.2, 0.25) is 0 Å². The summed E-state index contributed by atoms with van der Waals surface area (Å²) in [5, 5.41) is 39.1. The van der Waals surface area contributed by atoms with Gasteiger partial charge in [0.25, 0.3) is 0 Å². The molecule has 1 rings (SSSR count). The lowest BCUT2D eigenvalue weighted by molar-refractivity contribution is -0.141. The Hall–Kier alpha value is -0.730. The molecule has 0 aromatic carbocycles. The molecule has 0 aromatic heterocycles. The van der Waals surface area contributed by atoms with Crippen molar-refractivity contribution in [3.8, 4) is 0 Å². The third-order valence-electron chi connectivity index (χ3n) is 2.24. The summed E-state index contributed by atoms with van der Waals surface area (Å²) in [6.45, 7) is 0.635. The smallest absolute Gasteiger partial charge is 0.217 e. The van der Waals surface area contributed by atoms with Crippen LogP contribution in [-0.4, -0.2) is 63.6 Å². The lowest BCUT2D eigenvalue weighted by Crippen LogP contribution is -2.48. The average Bonchev–Trinajstić information content (AvgIpc) is 2.44. The van der Waals surface area contributed by atoms with Gasteiger partial charge in [-0.15, -0.1) is 0 Å². The van der Waals surface area contributed by atoms with E-state index in [1.54, 1.807) is 0 Å². The van der Waals surface area contributed by atoms with Crippen molar-refractivity contribution in [1.82, 2.24) is 5.32 Å². The molecule has 0 aliphatic carbocycles. The van der Waals surface area contributed by atoms with Gasteiger partial charge in [0.1, 0.15) is 24.4 Å². The molecular formula is C8H15NO6. The average molecular weight is 221 g/mol. The van der Waals surface area contributed by atoms with E-state index >= 15 is 0 Å². The van der Waals surface area contributed by atoms with Gasteiger partial charge in [-0.2, -0.15) is 0 Å². The Bertz CT molecular complexity index is 235. The molecule has 7 heteroatoms. The van der Waals surface area contributed by atoms with Crippen LogP contribution in [-0.2, 0) is 9.53 Å². The maximum Gasteiger partial charge on any atom is 0.217 e. The minimum Gasteiger partial charge on any atom is -0.394 e. The molecule has 1 unspecified atom stereocenters. The highest BCUT2D eigenvalue weighted by Gasteiger charge is 2.46. The molecule has 0 saturated carbocycles. The molecule has 1 fully saturated rings. The van der Waals surface area contributed by atoms with E-state index in [-0.39, 0.29) is 0 Å². The highest BCUT2D eigenvalue weighted by atomic mass is 16.6. The minimum absolute atomic E-state index is 0.430. The maximum atomic E-state index is 10.7. The fourth-order valence-corrected chi connectivity index (χ4v) is 1.51. The largest absolute Gasteiger partial charge is 0.394 e. The summed E-state index contributed by atoms with van der Waals surface area (Å²) >= 11 is 0. The van der Waals surface area contributed by atoms with E-state index in [0.717, 1.165) is 0 Å². The maximum absolute atomic E-state index is 10.7. The van der Waals surface area contributed by atoms with Crippen LogP contribution >= 0.6 is 0 Å². The van der Waals surface area contributed by atoms with Gasteiger partial charge in [0.15, 0.2) is 6.29 Å². The molecule has 1 amide bonds. The van der Waals surface area contributed by atoms with Crippen molar-refractivity contribution in [2.75, 3.05) is 6.61 Å². The van der Waals surface area contributed by atoms with Gasteiger partial charge in [-0.1, -0.05) is 0 Å². The number of rotatable bonds is 3. The van der Waals surface area contributed by atoms with Crippen LogP contribution in [0.3, 0.4) is 0 Å². The van der Waals surface area contributed by atoms with Crippen LogP contribution in [0.1, 0.15) is 6.92 Å². The summed E-state index contributed by atoms with van der Waals surface area (Å²) in [6, 6.07) is -0.992. The van der Waals surface area contributed by atoms with Crippen molar-refractivity contribution in [2.24, 2.45) is 0 Å². The quantitative estimate of drug-likeness (QED) is 0.345. The van der Waals surface area contributed by atoms with Crippen molar-refractivity contribution in [1.29, 1.82) is 0 Å². The second-order valence-electron chi connectivity index (χ2n) is 3.46. The number of hydrogen-bond acceptors (Lipinski definition) is 6. The van der Waals surface area contributed by atoms with Crippen LogP contribution in [0.25, 0.3) is 0 Å². The Morgan fingerprint density at radius 2 is 2.13 bits per heavy atom. The number of aliphatic hydroxyl groups excluding tert-OH is 4. The number of carbonyl (C=O) groups is 1. The second-order valence-corrected chi connectivity index (χ2v) is 3.46. The van der Waals surface area contributed by atoms with Crippen molar-refractivity contribution in [3.05, 3.63) is 0 Å². The van der Waals surface area contributed by atoms with Gasteiger partial charge >= 0.3 is 0 Å². The van der Waals surface area contributed by atoms with Gasteiger partial charge < -0.3 is 30.5 Å². The van der Waals surface area contributed by atoms with Crippen LogP contribution in [0.5, 0.6) is 0 Å². The molecule has 1 heterocycles. The SMILES string of the molecule is CC(=O)N[C@H]1C(O)O[C@H]([C@H](O)CO)[C@@H]1O. The van der Waals surface area contributed by atoms with Crippen molar-refractivity contribution < 1.29 is 30.0 Å². The third kappa shape index (κ3) is 2.64. The van der Waals surface area contributed by atoms with E-state index in [4.69, 9.17) is 9.84 Å². The topological polar surface area (TPSA) is 119 Å². The van der Waals surface area contributed by atoms with Gasteiger partial charge in [-0.25, -0.2) is 0 Å². The fourth-order valence-electron chi connectivity index (χ4n) is 1.51. The molecule has 88 valence electrons. The van der Waals surface area contributed by atoms with E-state index < -0.39 is 43.2 Å². The summed E-state index contributed by atoms with van der Waals surface area (Å²) in [4.78, 5) is 10.7. The standard InChI is InChI=1S/C8H15NO6/c1-3(11)9-5-6(13)7(4(12)2-10)15-8(5)14/h4-8,10,12-14H,2H2,1H3,(H,9,11)/t4-,5-,6-,7-,8?/m1/s1. The zero-order chi connectivity index (χ0) is 11.6. The van der Waals surface area contributed by atoms with Gasteiger partial charge in [-0.05, 0) is 0 Å². The van der Waals surface area contributed by atoms with E-state index in [9.17, 15) is 20.1 Å². The van der Waals surface area contributed by atoms with E-state index in [1.807, 2.05) is 0 Å². The Kier molecular flexibility index (Phi) is 4.00. The predicted molar refractivity (Wildman–Crippen MR) is 47.6 cm³/mol. The van der Waals surface area contributed by atoms with Crippen molar-refractivity contribution in [3.63, 3.8) is 0 Å². The first kappa shape index (κ1) is 12.3. The highest BCUT2D eigenvalue weighted by molar-refractivity contribution is 5.73. The van der Waals surface area contributed by atoms with E-state index in [2.05, 4.69) is 5.32 Å². The monoisotopic (exact) mass is 221 g/mol. The predicted octanol–water partition coefficient (Wildman–Crippen LogP) is -3.08. The number of aliphatic hydroxyl groups is 4. The van der Waals surface area contributed by atoms with Crippen LogP contribution in [0.15, 0.2) is 0 Å². The minimum atomic E-state index is -1.39.